The highest BCUT2D eigenvalue weighted by molar-refractivity contribution is 6.30. The number of carboxylic acids is 1. The number of halogens is 1. The molecule has 0 saturated heterocycles. The molecule has 3 aromatic carbocycles. The van der Waals surface area contributed by atoms with Crippen molar-refractivity contribution in [3.8, 4) is 11.1 Å². The first kappa shape index (κ1) is 30.9. The molecule has 3 atom stereocenters. The summed E-state index contributed by atoms with van der Waals surface area (Å²) < 4.78 is 0. The number of nitrogens with one attached hydrogen (secondary N) is 2. The molecule has 0 spiro atoms. The van der Waals surface area contributed by atoms with Gasteiger partial charge in [-0.3, -0.25) is 14.4 Å². The summed E-state index contributed by atoms with van der Waals surface area (Å²) in [6.07, 6.45) is 1.35. The number of carbonyl (C=O) groups excluding carboxylic acids is 2. The fraction of sp³-hybridized carbons (Fsp3) is 0.364. The maximum atomic E-state index is 13.4. The first-order chi connectivity index (χ1) is 19.0. The van der Waals surface area contributed by atoms with Gasteiger partial charge in [0.05, 0.1) is 12.5 Å². The van der Waals surface area contributed by atoms with Crippen LogP contribution in [0.5, 0.6) is 0 Å². The zero-order valence-corrected chi connectivity index (χ0v) is 24.4. The summed E-state index contributed by atoms with van der Waals surface area (Å²) in [4.78, 5) is 38.4. The van der Waals surface area contributed by atoms with Gasteiger partial charge in [0.2, 0.25) is 11.8 Å². The van der Waals surface area contributed by atoms with Gasteiger partial charge in [-0.1, -0.05) is 99.1 Å². The molecule has 3 unspecified atom stereocenters. The van der Waals surface area contributed by atoms with Crippen molar-refractivity contribution in [1.82, 2.24) is 10.6 Å². The molecule has 3 aromatic rings. The Kier molecular flexibility index (Phi) is 10.9. The lowest BCUT2D eigenvalue weighted by atomic mass is 9.85. The molecule has 6 nitrogen and oxygen atoms in total. The van der Waals surface area contributed by atoms with E-state index in [2.05, 4.69) is 10.6 Å². The molecular weight excluding hydrogens is 524 g/mol. The standard InChI is InChI=1S/C33H39ClN2O4/c1-22(23-12-6-5-7-13-23)35-32(40)30(33(2,3)4)36-31(39)26(21-29(37)38)17-10-15-24-14-8-9-19-28(24)25-16-11-18-27(34)20-25/h5-9,11-14,16,18-20,22,26,30H,10,15,17,21H2,1-4H3,(H,35,40)(H,36,39)(H,37,38). The Hall–Kier alpha value is -3.64. The monoisotopic (exact) mass is 562 g/mol. The van der Waals surface area contributed by atoms with E-state index in [4.69, 9.17) is 11.6 Å². The Morgan fingerprint density at radius 3 is 2.20 bits per heavy atom. The molecular formula is C33H39ClN2O4. The highest BCUT2D eigenvalue weighted by atomic mass is 35.5. The van der Waals surface area contributed by atoms with E-state index < -0.39 is 29.3 Å². The quantitative estimate of drug-likeness (QED) is 0.225. The van der Waals surface area contributed by atoms with Crippen molar-refractivity contribution in [2.24, 2.45) is 11.3 Å². The normalized spacial score (nSPS) is 13.6. The first-order valence-corrected chi connectivity index (χ1v) is 14.0. The number of aryl methyl sites for hydroxylation is 1. The van der Waals surface area contributed by atoms with Crippen LogP contribution in [0.25, 0.3) is 11.1 Å². The minimum atomic E-state index is -1.05. The molecule has 0 aliphatic rings. The highest BCUT2D eigenvalue weighted by Crippen LogP contribution is 2.28. The van der Waals surface area contributed by atoms with Gasteiger partial charge in [-0.2, -0.15) is 0 Å². The number of benzene rings is 3. The van der Waals surface area contributed by atoms with Crippen LogP contribution >= 0.6 is 11.6 Å². The van der Waals surface area contributed by atoms with Crippen molar-refractivity contribution < 1.29 is 19.5 Å². The predicted molar refractivity (Wildman–Crippen MR) is 160 cm³/mol. The number of aliphatic carboxylic acids is 1. The third kappa shape index (κ3) is 8.95. The van der Waals surface area contributed by atoms with E-state index in [0.717, 1.165) is 22.3 Å². The molecule has 0 heterocycles. The molecule has 7 heteroatoms. The Labute approximate surface area is 242 Å². The topological polar surface area (TPSA) is 95.5 Å². The third-order valence-electron chi connectivity index (χ3n) is 7.02. The summed E-state index contributed by atoms with van der Waals surface area (Å²) in [5.74, 6) is -2.54. The average molecular weight is 563 g/mol. The van der Waals surface area contributed by atoms with Crippen LogP contribution in [0, 0.1) is 11.3 Å². The first-order valence-electron chi connectivity index (χ1n) is 13.7. The molecule has 0 fully saturated rings. The van der Waals surface area contributed by atoms with E-state index in [1.54, 1.807) is 0 Å². The van der Waals surface area contributed by atoms with Gasteiger partial charge in [0.15, 0.2) is 0 Å². The largest absolute Gasteiger partial charge is 0.481 e. The molecule has 3 rings (SSSR count). The van der Waals surface area contributed by atoms with Crippen LogP contribution in [0.1, 0.15) is 64.1 Å². The molecule has 212 valence electrons. The summed E-state index contributed by atoms with van der Waals surface area (Å²) in [6.45, 7) is 7.53. The van der Waals surface area contributed by atoms with Gasteiger partial charge in [-0.05, 0) is 66.0 Å². The van der Waals surface area contributed by atoms with Gasteiger partial charge in [0.1, 0.15) is 6.04 Å². The summed E-state index contributed by atoms with van der Waals surface area (Å²) in [5.41, 5.74) is 3.53. The molecule has 2 amide bonds. The van der Waals surface area contributed by atoms with Crippen LogP contribution in [-0.4, -0.2) is 28.9 Å². The molecule has 0 radical (unpaired) electrons. The fourth-order valence-corrected chi connectivity index (χ4v) is 5.00. The average Bonchev–Trinajstić information content (AvgIpc) is 2.90. The Balaban J connectivity index is 1.70. The van der Waals surface area contributed by atoms with Gasteiger partial charge >= 0.3 is 5.97 Å². The maximum absolute atomic E-state index is 13.4. The molecule has 0 bridgehead atoms. The van der Waals surface area contributed by atoms with Crippen LogP contribution in [0.3, 0.4) is 0 Å². The number of hydrogen-bond donors (Lipinski definition) is 3. The van der Waals surface area contributed by atoms with Crippen molar-refractivity contribution in [2.45, 2.75) is 65.5 Å². The van der Waals surface area contributed by atoms with E-state index >= 15 is 0 Å². The molecule has 0 saturated carbocycles. The Morgan fingerprint density at radius 2 is 1.55 bits per heavy atom. The minimum absolute atomic E-state index is 0.246. The molecule has 40 heavy (non-hydrogen) atoms. The molecule has 0 aromatic heterocycles. The van der Waals surface area contributed by atoms with Crippen LogP contribution in [0.2, 0.25) is 5.02 Å². The predicted octanol–water partition coefficient (Wildman–Crippen LogP) is 6.83. The van der Waals surface area contributed by atoms with Gasteiger partial charge in [-0.15, -0.1) is 0 Å². The smallest absolute Gasteiger partial charge is 0.304 e. The van der Waals surface area contributed by atoms with Crippen molar-refractivity contribution in [1.29, 1.82) is 0 Å². The lowest BCUT2D eigenvalue weighted by Crippen LogP contribution is -2.55. The Bertz CT molecular complexity index is 1300. The number of hydrogen-bond acceptors (Lipinski definition) is 3. The minimum Gasteiger partial charge on any atom is -0.481 e. The van der Waals surface area contributed by atoms with Gasteiger partial charge in [0, 0.05) is 10.9 Å². The number of rotatable bonds is 12. The lowest BCUT2D eigenvalue weighted by Gasteiger charge is -2.32. The summed E-state index contributed by atoms with van der Waals surface area (Å²) in [5, 5.41) is 16.1. The molecule has 0 aliphatic heterocycles. The SMILES string of the molecule is CC(NC(=O)C(NC(=O)C(CCCc1ccccc1-c1cccc(Cl)c1)CC(=O)O)C(C)(C)C)c1ccccc1. The lowest BCUT2D eigenvalue weighted by molar-refractivity contribution is -0.142. The van der Waals surface area contributed by atoms with Crippen LogP contribution in [0.15, 0.2) is 78.9 Å². The van der Waals surface area contributed by atoms with Crippen LogP contribution in [-0.2, 0) is 20.8 Å². The van der Waals surface area contributed by atoms with Crippen molar-refractivity contribution >= 4 is 29.4 Å². The summed E-state index contributed by atoms with van der Waals surface area (Å²) in [6, 6.07) is 24.2. The summed E-state index contributed by atoms with van der Waals surface area (Å²) >= 11 is 6.20. The maximum Gasteiger partial charge on any atom is 0.304 e. The van der Waals surface area contributed by atoms with E-state index in [0.29, 0.717) is 24.3 Å². The van der Waals surface area contributed by atoms with Gasteiger partial charge in [0.25, 0.3) is 0 Å². The van der Waals surface area contributed by atoms with Crippen molar-refractivity contribution in [3.63, 3.8) is 0 Å². The van der Waals surface area contributed by atoms with E-state index in [1.807, 2.05) is 107 Å². The van der Waals surface area contributed by atoms with E-state index in [1.165, 1.54) is 0 Å². The van der Waals surface area contributed by atoms with Crippen molar-refractivity contribution in [3.05, 3.63) is 95.0 Å². The second-order valence-electron chi connectivity index (χ2n) is 11.3. The van der Waals surface area contributed by atoms with E-state index in [9.17, 15) is 19.5 Å². The number of amides is 2. The van der Waals surface area contributed by atoms with E-state index in [-0.39, 0.29) is 18.4 Å². The highest BCUT2D eigenvalue weighted by Gasteiger charge is 2.35. The van der Waals surface area contributed by atoms with Crippen LogP contribution < -0.4 is 10.6 Å². The summed E-state index contributed by atoms with van der Waals surface area (Å²) in [7, 11) is 0. The number of carboxylic acid groups (broad SMARTS) is 1. The third-order valence-corrected chi connectivity index (χ3v) is 7.25. The Morgan fingerprint density at radius 1 is 0.875 bits per heavy atom. The molecule has 0 aliphatic carbocycles. The second kappa shape index (κ2) is 14.1. The van der Waals surface area contributed by atoms with Gasteiger partial charge < -0.3 is 15.7 Å². The zero-order valence-electron chi connectivity index (χ0n) is 23.6. The zero-order chi connectivity index (χ0) is 29.3. The molecule has 3 N–H and O–H groups in total. The fourth-order valence-electron chi connectivity index (χ4n) is 4.81. The van der Waals surface area contributed by atoms with Crippen molar-refractivity contribution in [2.75, 3.05) is 0 Å². The van der Waals surface area contributed by atoms with Crippen LogP contribution in [0.4, 0.5) is 0 Å². The van der Waals surface area contributed by atoms with Gasteiger partial charge in [-0.25, -0.2) is 0 Å². The number of carbonyl (C=O) groups is 3. The second-order valence-corrected chi connectivity index (χ2v) is 11.7.